The third-order valence-corrected chi connectivity index (χ3v) is 5.74. The Balaban J connectivity index is 2.07. The number of ketones is 1. The van der Waals surface area contributed by atoms with Gasteiger partial charge in [0.05, 0.1) is 11.0 Å². The fourth-order valence-corrected chi connectivity index (χ4v) is 3.06. The lowest BCUT2D eigenvalue weighted by Crippen LogP contribution is -2.16. The van der Waals surface area contributed by atoms with Crippen LogP contribution in [0.1, 0.15) is 35.3 Å². The molecule has 0 saturated carbocycles. The van der Waals surface area contributed by atoms with E-state index in [2.05, 4.69) is 0 Å². The van der Waals surface area contributed by atoms with Gasteiger partial charge >= 0.3 is 0 Å². The summed E-state index contributed by atoms with van der Waals surface area (Å²) in [5.41, 5.74) is 2.29. The van der Waals surface area contributed by atoms with E-state index in [1.54, 1.807) is 38.1 Å². The van der Waals surface area contributed by atoms with Gasteiger partial charge in [-0.25, -0.2) is 8.42 Å². The highest BCUT2D eigenvalue weighted by Crippen LogP contribution is 2.14. The Hall–Kier alpha value is -1.94. The molecule has 0 aromatic heterocycles. The van der Waals surface area contributed by atoms with Crippen molar-refractivity contribution in [1.29, 1.82) is 0 Å². The van der Waals surface area contributed by atoms with Crippen LogP contribution in [0.15, 0.2) is 54.6 Å². The monoisotopic (exact) mass is 316 g/mol. The Morgan fingerprint density at radius 1 is 0.909 bits per heavy atom. The van der Waals surface area contributed by atoms with Gasteiger partial charge in [-0.3, -0.25) is 4.79 Å². The van der Waals surface area contributed by atoms with Crippen molar-refractivity contribution in [3.8, 4) is 0 Å². The van der Waals surface area contributed by atoms with Crippen LogP contribution in [0.25, 0.3) is 0 Å². The fourth-order valence-electron chi connectivity index (χ4n) is 2.07. The molecule has 0 saturated heterocycles. The first kappa shape index (κ1) is 16.4. The van der Waals surface area contributed by atoms with Crippen LogP contribution in [-0.4, -0.2) is 19.5 Å². The molecule has 0 N–H and O–H groups in total. The Kier molecular flexibility index (Phi) is 5.14. The summed E-state index contributed by atoms with van der Waals surface area (Å²) < 4.78 is 23.8. The molecule has 116 valence electrons. The van der Waals surface area contributed by atoms with Crippen molar-refractivity contribution in [2.24, 2.45) is 0 Å². The third kappa shape index (κ3) is 4.28. The predicted octanol–water partition coefficient (Wildman–Crippen LogP) is 3.44. The molecule has 0 heterocycles. The molecule has 0 amide bonds. The van der Waals surface area contributed by atoms with Gasteiger partial charge in [-0.1, -0.05) is 54.6 Å². The maximum absolute atomic E-state index is 12.2. The quantitative estimate of drug-likeness (QED) is 0.767. The average molecular weight is 316 g/mol. The van der Waals surface area contributed by atoms with Crippen LogP contribution in [0.3, 0.4) is 0 Å². The van der Waals surface area contributed by atoms with Gasteiger partial charge in [0.25, 0.3) is 0 Å². The zero-order valence-corrected chi connectivity index (χ0v) is 13.6. The van der Waals surface area contributed by atoms with E-state index in [1.807, 2.05) is 30.3 Å². The van der Waals surface area contributed by atoms with E-state index in [4.69, 9.17) is 0 Å². The first-order valence-electron chi connectivity index (χ1n) is 7.26. The Morgan fingerprint density at radius 2 is 1.50 bits per heavy atom. The molecule has 0 radical (unpaired) electrons. The molecule has 2 rings (SSSR count). The van der Waals surface area contributed by atoms with Crippen molar-refractivity contribution >= 4 is 15.6 Å². The second-order valence-electron chi connectivity index (χ2n) is 5.64. The van der Waals surface area contributed by atoms with Crippen LogP contribution >= 0.6 is 0 Å². The maximum Gasteiger partial charge on any atom is 0.167 e. The summed E-state index contributed by atoms with van der Waals surface area (Å²) in [7, 11) is -3.12. The zero-order chi connectivity index (χ0) is 16.2. The molecule has 2 aromatic rings. The highest BCUT2D eigenvalue weighted by Gasteiger charge is 2.17. The molecule has 3 nitrogen and oxygen atoms in total. The topological polar surface area (TPSA) is 51.2 Å². The summed E-state index contributed by atoms with van der Waals surface area (Å²) in [6.07, 6.45) is 0.352. The van der Waals surface area contributed by atoms with Gasteiger partial charge in [0, 0.05) is 12.0 Å². The number of sulfone groups is 1. The van der Waals surface area contributed by atoms with Crippen LogP contribution in [0.2, 0.25) is 0 Å². The van der Waals surface area contributed by atoms with E-state index in [0.717, 1.165) is 5.56 Å². The largest absolute Gasteiger partial charge is 0.294 e. The number of benzene rings is 2. The highest BCUT2D eigenvalue weighted by molar-refractivity contribution is 7.91. The number of carbonyl (C=O) groups excluding carboxylic acids is 1. The minimum absolute atomic E-state index is 0.0117. The SMILES string of the molecule is CC(C)S(=O)(=O)Cc1ccc(C(=O)Cc2ccccc2)cc1. The fraction of sp³-hybridized carbons (Fsp3) is 0.278. The molecule has 4 heteroatoms. The summed E-state index contributed by atoms with van der Waals surface area (Å²) in [4.78, 5) is 12.2. The van der Waals surface area contributed by atoms with Crippen LogP contribution in [0.4, 0.5) is 0 Å². The third-order valence-electron chi connectivity index (χ3n) is 3.57. The van der Waals surface area contributed by atoms with Crippen LogP contribution in [0, 0.1) is 0 Å². The summed E-state index contributed by atoms with van der Waals surface area (Å²) in [6, 6.07) is 16.4. The minimum atomic E-state index is -3.12. The van der Waals surface area contributed by atoms with Gasteiger partial charge < -0.3 is 0 Å². The highest BCUT2D eigenvalue weighted by atomic mass is 32.2. The smallest absolute Gasteiger partial charge is 0.167 e. The van der Waals surface area contributed by atoms with E-state index >= 15 is 0 Å². The molecule has 0 spiro atoms. The van der Waals surface area contributed by atoms with E-state index in [-0.39, 0.29) is 11.5 Å². The minimum Gasteiger partial charge on any atom is -0.294 e. The van der Waals surface area contributed by atoms with E-state index < -0.39 is 15.1 Å². The van der Waals surface area contributed by atoms with Crippen molar-refractivity contribution in [3.63, 3.8) is 0 Å². The summed E-state index contributed by atoms with van der Waals surface area (Å²) in [5, 5.41) is -0.396. The molecule has 0 atom stereocenters. The van der Waals surface area contributed by atoms with Crippen molar-refractivity contribution < 1.29 is 13.2 Å². The first-order valence-corrected chi connectivity index (χ1v) is 8.97. The maximum atomic E-state index is 12.2. The van der Waals surface area contributed by atoms with Gasteiger partial charge in [-0.05, 0) is 25.0 Å². The summed E-state index contributed by atoms with van der Waals surface area (Å²) in [5.74, 6) is 0.0436. The molecule has 22 heavy (non-hydrogen) atoms. The van der Waals surface area contributed by atoms with Crippen molar-refractivity contribution in [2.45, 2.75) is 31.3 Å². The number of carbonyl (C=O) groups is 1. The van der Waals surface area contributed by atoms with Crippen molar-refractivity contribution in [2.75, 3.05) is 0 Å². The van der Waals surface area contributed by atoms with Crippen LogP contribution in [0.5, 0.6) is 0 Å². The normalized spacial score (nSPS) is 11.6. The predicted molar refractivity (Wildman–Crippen MR) is 88.7 cm³/mol. The Morgan fingerprint density at radius 3 is 2.05 bits per heavy atom. The number of rotatable bonds is 6. The van der Waals surface area contributed by atoms with E-state index in [9.17, 15) is 13.2 Å². The molecule has 0 aliphatic carbocycles. The Labute approximate surface area is 131 Å². The molecule has 2 aromatic carbocycles. The molecule has 0 aliphatic rings. The van der Waals surface area contributed by atoms with Crippen LogP contribution in [-0.2, 0) is 22.0 Å². The van der Waals surface area contributed by atoms with Gasteiger partial charge in [0.1, 0.15) is 0 Å². The molecular formula is C18H20O3S. The molecule has 0 bridgehead atoms. The first-order chi connectivity index (χ1) is 10.4. The number of hydrogen-bond acceptors (Lipinski definition) is 3. The lowest BCUT2D eigenvalue weighted by atomic mass is 10.0. The van der Waals surface area contributed by atoms with Gasteiger partial charge in [0.15, 0.2) is 15.6 Å². The van der Waals surface area contributed by atoms with E-state index in [0.29, 0.717) is 17.5 Å². The van der Waals surface area contributed by atoms with E-state index in [1.165, 1.54) is 0 Å². The standard InChI is InChI=1S/C18H20O3S/c1-14(2)22(20,21)13-16-8-10-17(11-9-16)18(19)12-15-6-4-3-5-7-15/h3-11,14H,12-13H2,1-2H3. The average Bonchev–Trinajstić information content (AvgIpc) is 2.48. The van der Waals surface area contributed by atoms with Crippen molar-refractivity contribution in [1.82, 2.24) is 0 Å². The second-order valence-corrected chi connectivity index (χ2v) is 8.20. The lowest BCUT2D eigenvalue weighted by Gasteiger charge is -2.08. The van der Waals surface area contributed by atoms with Crippen LogP contribution < -0.4 is 0 Å². The lowest BCUT2D eigenvalue weighted by molar-refractivity contribution is 0.0993. The molecule has 0 aliphatic heterocycles. The zero-order valence-electron chi connectivity index (χ0n) is 12.8. The van der Waals surface area contributed by atoms with Crippen molar-refractivity contribution in [3.05, 3.63) is 71.3 Å². The molecular weight excluding hydrogens is 296 g/mol. The Bertz CT molecular complexity index is 730. The number of hydrogen-bond donors (Lipinski definition) is 0. The van der Waals surface area contributed by atoms with Gasteiger partial charge in [-0.15, -0.1) is 0 Å². The summed E-state index contributed by atoms with van der Waals surface area (Å²) in [6.45, 7) is 3.35. The molecule has 0 fully saturated rings. The number of Topliss-reactive ketones (excluding diaryl/α,β-unsaturated/α-hetero) is 1. The van der Waals surface area contributed by atoms with Gasteiger partial charge in [0.2, 0.25) is 0 Å². The molecule has 0 unspecified atom stereocenters. The van der Waals surface area contributed by atoms with Gasteiger partial charge in [-0.2, -0.15) is 0 Å². The summed E-state index contributed by atoms with van der Waals surface area (Å²) >= 11 is 0. The second kappa shape index (κ2) is 6.88.